The normalized spacial score (nSPS) is 36.3. The summed E-state index contributed by atoms with van der Waals surface area (Å²) >= 11 is 0. The molecule has 3 fully saturated rings. The van der Waals surface area contributed by atoms with Crippen LogP contribution in [0.3, 0.4) is 0 Å². The number of sulfonamides is 1. The first-order chi connectivity index (χ1) is 10.0. The zero-order chi connectivity index (χ0) is 14.9. The third kappa shape index (κ3) is 3.99. The number of nitrogens with one attached hydrogen (secondary N) is 1. The van der Waals surface area contributed by atoms with Gasteiger partial charge in [-0.1, -0.05) is 19.3 Å². The van der Waals surface area contributed by atoms with Gasteiger partial charge in [0.25, 0.3) is 0 Å². The van der Waals surface area contributed by atoms with Gasteiger partial charge in [0.2, 0.25) is 10.0 Å². The van der Waals surface area contributed by atoms with E-state index in [-0.39, 0.29) is 0 Å². The highest BCUT2D eigenvalue weighted by Crippen LogP contribution is 2.37. The summed E-state index contributed by atoms with van der Waals surface area (Å²) < 4.78 is 24.8. The van der Waals surface area contributed by atoms with Crippen molar-refractivity contribution >= 4 is 10.0 Å². The van der Waals surface area contributed by atoms with Crippen molar-refractivity contribution in [3.63, 3.8) is 0 Å². The second-order valence-electron chi connectivity index (χ2n) is 7.49. The van der Waals surface area contributed by atoms with Crippen LogP contribution in [0.25, 0.3) is 0 Å². The van der Waals surface area contributed by atoms with Crippen molar-refractivity contribution in [2.24, 2.45) is 17.8 Å². The van der Waals surface area contributed by atoms with E-state index in [0.717, 1.165) is 37.8 Å². The summed E-state index contributed by atoms with van der Waals surface area (Å²) in [5, 5.41) is 3.78. The summed E-state index contributed by atoms with van der Waals surface area (Å²) in [5.74, 6) is 2.60. The largest absolute Gasteiger partial charge is 0.314 e. The molecular weight excluding hydrogens is 284 g/mol. The molecule has 3 aliphatic rings. The van der Waals surface area contributed by atoms with Gasteiger partial charge in [-0.05, 0) is 56.4 Å². The Morgan fingerprint density at radius 3 is 2.38 bits per heavy atom. The van der Waals surface area contributed by atoms with Gasteiger partial charge in [-0.2, -0.15) is 0 Å². The minimum Gasteiger partial charge on any atom is -0.314 e. The molecule has 3 rings (SSSR count). The quantitative estimate of drug-likeness (QED) is 0.869. The highest BCUT2D eigenvalue weighted by Gasteiger charge is 2.33. The average molecular weight is 314 g/mol. The van der Waals surface area contributed by atoms with Crippen LogP contribution < -0.4 is 5.32 Å². The van der Waals surface area contributed by atoms with E-state index in [1.807, 2.05) is 0 Å². The monoisotopic (exact) mass is 314 g/mol. The number of hydrogen-bond donors (Lipinski definition) is 1. The van der Waals surface area contributed by atoms with E-state index in [1.54, 1.807) is 4.31 Å². The first kappa shape index (κ1) is 15.8. The van der Waals surface area contributed by atoms with Gasteiger partial charge in [0.1, 0.15) is 0 Å². The van der Waals surface area contributed by atoms with Crippen molar-refractivity contribution in [1.82, 2.24) is 9.62 Å². The Balaban J connectivity index is 1.45. The first-order valence-electron chi connectivity index (χ1n) is 8.71. The molecule has 0 radical (unpaired) electrons. The van der Waals surface area contributed by atoms with Crippen molar-refractivity contribution in [2.45, 2.75) is 57.4 Å². The van der Waals surface area contributed by atoms with E-state index in [9.17, 15) is 8.42 Å². The summed E-state index contributed by atoms with van der Waals surface area (Å²) in [6.07, 6.45) is 11.8. The van der Waals surface area contributed by atoms with Crippen LogP contribution in [-0.2, 0) is 10.0 Å². The summed E-state index contributed by atoms with van der Waals surface area (Å²) in [7, 11) is -2.98. The zero-order valence-corrected chi connectivity index (χ0v) is 14.1. The highest BCUT2D eigenvalue weighted by atomic mass is 32.2. The van der Waals surface area contributed by atoms with Gasteiger partial charge in [-0.3, -0.25) is 0 Å². The molecule has 0 aromatic heterocycles. The van der Waals surface area contributed by atoms with Crippen LogP contribution in [0.1, 0.15) is 51.4 Å². The van der Waals surface area contributed by atoms with Crippen LogP contribution in [0.4, 0.5) is 0 Å². The van der Waals surface area contributed by atoms with Gasteiger partial charge in [-0.15, -0.1) is 0 Å². The van der Waals surface area contributed by atoms with Gasteiger partial charge in [0.05, 0.1) is 6.26 Å². The van der Waals surface area contributed by atoms with Crippen molar-refractivity contribution in [3.05, 3.63) is 0 Å². The van der Waals surface area contributed by atoms with E-state index in [1.165, 1.54) is 51.3 Å². The number of rotatable bonds is 3. The van der Waals surface area contributed by atoms with Crippen molar-refractivity contribution in [3.8, 4) is 0 Å². The number of nitrogens with zero attached hydrogens (tertiary/aromatic N) is 1. The smallest absolute Gasteiger partial charge is 0.211 e. The minimum absolute atomic E-state index is 0.680. The summed E-state index contributed by atoms with van der Waals surface area (Å²) in [6.45, 7) is 2.67. The maximum atomic E-state index is 11.6. The average Bonchev–Trinajstić information content (AvgIpc) is 2.47. The van der Waals surface area contributed by atoms with Crippen molar-refractivity contribution in [1.29, 1.82) is 0 Å². The molecule has 1 N–H and O–H groups in total. The molecular formula is C16H30N2O2S. The van der Waals surface area contributed by atoms with E-state index in [0.29, 0.717) is 12.0 Å². The third-order valence-corrected chi connectivity index (χ3v) is 7.29. The molecule has 0 aromatic rings. The standard InChI is InChI=1S/C16H30N2O2S/c1-21(19,20)18-8-6-13(7-9-18)10-16-11-14-4-2-3-5-15(14)12-17-16/h13-17H,2-12H2,1H3. The van der Waals surface area contributed by atoms with Crippen LogP contribution in [0.2, 0.25) is 0 Å². The lowest BCUT2D eigenvalue weighted by molar-refractivity contribution is 0.134. The molecule has 0 bridgehead atoms. The number of hydrogen-bond acceptors (Lipinski definition) is 3. The van der Waals surface area contributed by atoms with E-state index in [2.05, 4.69) is 5.32 Å². The van der Waals surface area contributed by atoms with Gasteiger partial charge in [0.15, 0.2) is 0 Å². The fraction of sp³-hybridized carbons (Fsp3) is 1.00. The minimum atomic E-state index is -2.98. The van der Waals surface area contributed by atoms with E-state index >= 15 is 0 Å². The van der Waals surface area contributed by atoms with Gasteiger partial charge >= 0.3 is 0 Å². The molecule has 3 unspecified atom stereocenters. The lowest BCUT2D eigenvalue weighted by atomic mass is 9.72. The molecule has 2 aliphatic heterocycles. The molecule has 122 valence electrons. The summed E-state index contributed by atoms with van der Waals surface area (Å²) in [5.41, 5.74) is 0. The lowest BCUT2D eigenvalue weighted by Crippen LogP contribution is -2.46. The Hall–Kier alpha value is -0.130. The van der Waals surface area contributed by atoms with Gasteiger partial charge < -0.3 is 5.32 Å². The molecule has 5 heteroatoms. The Morgan fingerprint density at radius 1 is 1.05 bits per heavy atom. The van der Waals surface area contributed by atoms with E-state index in [4.69, 9.17) is 0 Å². The first-order valence-corrected chi connectivity index (χ1v) is 10.6. The zero-order valence-electron chi connectivity index (χ0n) is 13.3. The van der Waals surface area contributed by atoms with Crippen molar-refractivity contribution < 1.29 is 8.42 Å². The number of piperidine rings is 2. The molecule has 0 spiro atoms. The van der Waals surface area contributed by atoms with Gasteiger partial charge in [-0.25, -0.2) is 12.7 Å². The summed E-state index contributed by atoms with van der Waals surface area (Å²) in [4.78, 5) is 0. The number of fused-ring (bicyclic) bond motifs is 1. The Kier molecular flexibility index (Phi) is 4.91. The maximum Gasteiger partial charge on any atom is 0.211 e. The van der Waals surface area contributed by atoms with Crippen LogP contribution in [0.5, 0.6) is 0 Å². The maximum absolute atomic E-state index is 11.6. The fourth-order valence-electron chi connectivity index (χ4n) is 4.69. The van der Waals surface area contributed by atoms with Crippen LogP contribution in [0, 0.1) is 17.8 Å². The van der Waals surface area contributed by atoms with Crippen LogP contribution in [0.15, 0.2) is 0 Å². The topological polar surface area (TPSA) is 49.4 Å². The Bertz CT molecular complexity index is 443. The summed E-state index contributed by atoms with van der Waals surface area (Å²) in [6, 6.07) is 0.680. The molecule has 1 aliphatic carbocycles. The molecule has 3 atom stereocenters. The molecule has 4 nitrogen and oxygen atoms in total. The van der Waals surface area contributed by atoms with Crippen LogP contribution in [-0.4, -0.2) is 44.7 Å². The lowest BCUT2D eigenvalue weighted by Gasteiger charge is -2.41. The Labute approximate surface area is 129 Å². The molecule has 0 aromatic carbocycles. The molecule has 0 amide bonds. The Morgan fingerprint density at radius 2 is 1.71 bits per heavy atom. The second-order valence-corrected chi connectivity index (χ2v) is 9.47. The molecule has 2 saturated heterocycles. The molecule has 2 heterocycles. The highest BCUT2D eigenvalue weighted by molar-refractivity contribution is 7.88. The molecule has 1 saturated carbocycles. The second kappa shape index (κ2) is 6.55. The van der Waals surface area contributed by atoms with Crippen molar-refractivity contribution in [2.75, 3.05) is 25.9 Å². The predicted molar refractivity (Wildman–Crippen MR) is 85.6 cm³/mol. The SMILES string of the molecule is CS(=O)(=O)N1CCC(CC2CC3CCCCC3CN2)CC1. The fourth-order valence-corrected chi connectivity index (χ4v) is 5.56. The molecule has 21 heavy (non-hydrogen) atoms. The van der Waals surface area contributed by atoms with Gasteiger partial charge in [0, 0.05) is 19.1 Å². The van der Waals surface area contributed by atoms with Crippen LogP contribution >= 0.6 is 0 Å². The third-order valence-electron chi connectivity index (χ3n) is 5.98. The van der Waals surface area contributed by atoms with E-state index < -0.39 is 10.0 Å². The predicted octanol–water partition coefficient (Wildman–Crippen LogP) is 2.22.